The summed E-state index contributed by atoms with van der Waals surface area (Å²) < 4.78 is 14.2. The number of anilines is 2. The quantitative estimate of drug-likeness (QED) is 0.285. The number of fused-ring (bicyclic) bond motifs is 1. The minimum absolute atomic E-state index is 0.0414. The molecule has 0 saturated heterocycles. The number of nitrogens with one attached hydrogen (secondary N) is 1. The van der Waals surface area contributed by atoms with Crippen molar-refractivity contribution in [3.05, 3.63) is 65.9 Å². The van der Waals surface area contributed by atoms with Crippen molar-refractivity contribution in [1.82, 2.24) is 19.7 Å². The van der Waals surface area contributed by atoms with Crippen molar-refractivity contribution in [3.8, 4) is 33.8 Å². The Kier molecular flexibility index (Phi) is 6.49. The lowest BCUT2D eigenvalue weighted by Crippen LogP contribution is -2.10. The van der Waals surface area contributed by atoms with E-state index in [2.05, 4.69) is 15.4 Å². The van der Waals surface area contributed by atoms with Gasteiger partial charge in [0.15, 0.2) is 0 Å². The molecule has 0 aliphatic carbocycles. The first-order chi connectivity index (χ1) is 17.8. The Morgan fingerprint density at radius 1 is 1.11 bits per heavy atom. The Morgan fingerprint density at radius 2 is 1.92 bits per heavy atom. The summed E-state index contributed by atoms with van der Waals surface area (Å²) in [5.41, 5.74) is 10.4. The van der Waals surface area contributed by atoms with Gasteiger partial charge in [-0.15, -0.1) is 11.3 Å². The standard InChI is InChI=1S/C27H26N6O3S/c1-15(2)36-21-11-16(17-12-30-33(3)14-17)9-10-19(21)31-27-29-13-22-24(32-27)23(25(37-22)26(28)34)18-7-5-6-8-20(18)35-4/h5-15H,1-4H3,(H2,28,34)(H,29,31,32). The van der Waals surface area contributed by atoms with E-state index in [1.165, 1.54) is 11.3 Å². The molecule has 1 amide bonds. The van der Waals surface area contributed by atoms with E-state index in [1.807, 2.05) is 75.8 Å². The Labute approximate surface area is 217 Å². The highest BCUT2D eigenvalue weighted by molar-refractivity contribution is 7.21. The maximum atomic E-state index is 12.3. The van der Waals surface area contributed by atoms with Crippen LogP contribution in [-0.4, -0.2) is 38.9 Å². The van der Waals surface area contributed by atoms with Gasteiger partial charge in [-0.05, 0) is 37.6 Å². The van der Waals surface area contributed by atoms with Crippen LogP contribution in [0.5, 0.6) is 11.5 Å². The number of carbonyl (C=O) groups is 1. The Hall–Kier alpha value is -4.44. The van der Waals surface area contributed by atoms with Crippen molar-refractivity contribution < 1.29 is 14.3 Å². The summed E-state index contributed by atoms with van der Waals surface area (Å²) in [4.78, 5) is 22.0. The van der Waals surface area contributed by atoms with Gasteiger partial charge < -0.3 is 20.5 Å². The van der Waals surface area contributed by atoms with Crippen LogP contribution in [0.2, 0.25) is 0 Å². The van der Waals surface area contributed by atoms with Crippen molar-refractivity contribution in [2.24, 2.45) is 12.8 Å². The van der Waals surface area contributed by atoms with Crippen molar-refractivity contribution in [1.29, 1.82) is 0 Å². The predicted octanol–water partition coefficient (Wildman–Crippen LogP) is 5.40. The molecular formula is C27H26N6O3S. The van der Waals surface area contributed by atoms with Crippen LogP contribution in [0.25, 0.3) is 32.5 Å². The number of para-hydroxylation sites is 1. The fourth-order valence-corrected chi connectivity index (χ4v) is 5.05. The van der Waals surface area contributed by atoms with Crippen LogP contribution in [-0.2, 0) is 7.05 Å². The number of thiophene rings is 1. The van der Waals surface area contributed by atoms with E-state index in [1.54, 1.807) is 18.0 Å². The number of primary amides is 1. The first kappa shape index (κ1) is 24.3. The molecule has 0 atom stereocenters. The van der Waals surface area contributed by atoms with Crippen LogP contribution in [0.1, 0.15) is 23.5 Å². The second kappa shape index (κ2) is 9.90. The van der Waals surface area contributed by atoms with Gasteiger partial charge in [0.05, 0.1) is 41.5 Å². The lowest BCUT2D eigenvalue weighted by molar-refractivity contribution is 0.100. The molecular weight excluding hydrogens is 488 g/mol. The van der Waals surface area contributed by atoms with Gasteiger partial charge in [-0.3, -0.25) is 9.48 Å². The molecule has 0 aliphatic rings. The molecule has 188 valence electrons. The van der Waals surface area contributed by atoms with E-state index < -0.39 is 5.91 Å². The number of ether oxygens (including phenoxy) is 2. The number of hydrogen-bond donors (Lipinski definition) is 2. The van der Waals surface area contributed by atoms with Gasteiger partial charge in [0, 0.05) is 29.9 Å². The van der Waals surface area contributed by atoms with Gasteiger partial charge in [0.1, 0.15) is 16.4 Å². The normalized spacial score (nSPS) is 11.2. The summed E-state index contributed by atoms with van der Waals surface area (Å²) in [7, 11) is 3.47. The minimum Gasteiger partial charge on any atom is -0.496 e. The van der Waals surface area contributed by atoms with E-state index in [0.29, 0.717) is 39.1 Å². The number of hydrogen-bond acceptors (Lipinski definition) is 8. The highest BCUT2D eigenvalue weighted by atomic mass is 32.1. The van der Waals surface area contributed by atoms with E-state index in [4.69, 9.17) is 20.2 Å². The SMILES string of the molecule is COc1ccccc1-c1c(C(N)=O)sc2cnc(Nc3ccc(-c4cnn(C)c4)cc3OC(C)C)nc12. The van der Waals surface area contributed by atoms with Gasteiger partial charge in [0.25, 0.3) is 5.91 Å². The fourth-order valence-electron chi connectivity index (χ4n) is 4.08. The molecule has 3 aromatic heterocycles. The van der Waals surface area contributed by atoms with E-state index in [9.17, 15) is 4.79 Å². The molecule has 0 radical (unpaired) electrons. The molecule has 0 unspecified atom stereocenters. The summed E-state index contributed by atoms with van der Waals surface area (Å²) in [5, 5.41) is 7.55. The molecule has 0 saturated carbocycles. The minimum atomic E-state index is -0.531. The largest absolute Gasteiger partial charge is 0.496 e. The highest BCUT2D eigenvalue weighted by Gasteiger charge is 2.22. The first-order valence-electron chi connectivity index (χ1n) is 11.6. The van der Waals surface area contributed by atoms with Gasteiger partial charge in [-0.1, -0.05) is 24.3 Å². The molecule has 9 nitrogen and oxygen atoms in total. The summed E-state index contributed by atoms with van der Waals surface area (Å²) in [6, 6.07) is 13.4. The van der Waals surface area contributed by atoms with Crippen molar-refractivity contribution in [2.75, 3.05) is 12.4 Å². The van der Waals surface area contributed by atoms with Crippen molar-refractivity contribution in [2.45, 2.75) is 20.0 Å². The number of methoxy groups -OCH3 is 1. The average Bonchev–Trinajstić information content (AvgIpc) is 3.48. The number of aromatic nitrogens is 4. The molecule has 37 heavy (non-hydrogen) atoms. The predicted molar refractivity (Wildman–Crippen MR) is 146 cm³/mol. The Morgan fingerprint density at radius 3 is 2.62 bits per heavy atom. The van der Waals surface area contributed by atoms with Gasteiger partial charge in [0.2, 0.25) is 5.95 Å². The molecule has 0 fully saturated rings. The summed E-state index contributed by atoms with van der Waals surface area (Å²) >= 11 is 1.26. The third kappa shape index (κ3) is 4.83. The van der Waals surface area contributed by atoms with Crippen LogP contribution >= 0.6 is 11.3 Å². The van der Waals surface area contributed by atoms with Crippen molar-refractivity contribution in [3.63, 3.8) is 0 Å². The number of rotatable bonds is 8. The second-order valence-electron chi connectivity index (χ2n) is 8.68. The maximum Gasteiger partial charge on any atom is 0.259 e. The molecule has 5 aromatic rings. The third-order valence-electron chi connectivity index (χ3n) is 5.66. The highest BCUT2D eigenvalue weighted by Crippen LogP contribution is 2.42. The average molecular weight is 515 g/mol. The van der Waals surface area contributed by atoms with Crippen LogP contribution < -0.4 is 20.5 Å². The third-order valence-corrected chi connectivity index (χ3v) is 6.79. The topological polar surface area (TPSA) is 117 Å². The number of nitrogens with two attached hydrogens (primary N) is 1. The van der Waals surface area contributed by atoms with Crippen LogP contribution in [0.3, 0.4) is 0 Å². The molecule has 3 N–H and O–H groups in total. The lowest BCUT2D eigenvalue weighted by atomic mass is 10.0. The molecule has 0 spiro atoms. The van der Waals surface area contributed by atoms with Gasteiger partial charge in [-0.2, -0.15) is 5.10 Å². The number of carbonyl (C=O) groups excluding carboxylic acids is 1. The molecule has 0 bridgehead atoms. The van der Waals surface area contributed by atoms with E-state index in [0.717, 1.165) is 21.4 Å². The zero-order chi connectivity index (χ0) is 26.1. The van der Waals surface area contributed by atoms with Gasteiger partial charge >= 0.3 is 0 Å². The number of nitrogens with zero attached hydrogens (tertiary/aromatic N) is 4. The summed E-state index contributed by atoms with van der Waals surface area (Å²) in [6.45, 7) is 3.94. The molecule has 5 rings (SSSR count). The number of benzene rings is 2. The molecule has 2 aromatic carbocycles. The maximum absolute atomic E-state index is 12.3. The monoisotopic (exact) mass is 514 g/mol. The summed E-state index contributed by atoms with van der Waals surface area (Å²) in [6.07, 6.45) is 5.41. The Balaban J connectivity index is 1.59. The zero-order valence-corrected chi connectivity index (χ0v) is 21.7. The number of amides is 1. The number of aryl methyl sites for hydroxylation is 1. The molecule has 10 heteroatoms. The zero-order valence-electron chi connectivity index (χ0n) is 20.9. The lowest BCUT2D eigenvalue weighted by Gasteiger charge is -2.16. The van der Waals surface area contributed by atoms with Gasteiger partial charge in [-0.25, -0.2) is 9.97 Å². The van der Waals surface area contributed by atoms with E-state index in [-0.39, 0.29) is 6.10 Å². The molecule has 3 heterocycles. The smallest absolute Gasteiger partial charge is 0.259 e. The van der Waals surface area contributed by atoms with Crippen molar-refractivity contribution >= 4 is 39.1 Å². The fraction of sp³-hybridized carbons (Fsp3) is 0.185. The Bertz CT molecular complexity index is 1610. The van der Waals surface area contributed by atoms with Crippen LogP contribution in [0, 0.1) is 0 Å². The summed E-state index contributed by atoms with van der Waals surface area (Å²) in [5.74, 6) is 1.11. The van der Waals surface area contributed by atoms with Crippen LogP contribution in [0.4, 0.5) is 11.6 Å². The second-order valence-corrected chi connectivity index (χ2v) is 9.73. The first-order valence-corrected chi connectivity index (χ1v) is 12.4. The van der Waals surface area contributed by atoms with E-state index >= 15 is 0 Å². The molecule has 0 aliphatic heterocycles. The van der Waals surface area contributed by atoms with Crippen LogP contribution in [0.15, 0.2) is 61.1 Å².